The average Bonchev–Trinajstić information content (AvgIpc) is 3.02. The fourth-order valence-electron chi connectivity index (χ4n) is 3.39. The van der Waals surface area contributed by atoms with E-state index in [1.54, 1.807) is 24.3 Å². The van der Waals surface area contributed by atoms with Crippen LogP contribution in [0.3, 0.4) is 0 Å². The van der Waals surface area contributed by atoms with E-state index in [0.717, 1.165) is 13.0 Å². The lowest BCUT2D eigenvalue weighted by molar-refractivity contribution is -0.119. The Morgan fingerprint density at radius 1 is 1.12 bits per heavy atom. The Hall–Kier alpha value is -2.82. The Labute approximate surface area is 147 Å². The van der Waals surface area contributed by atoms with Crippen LogP contribution in [0.2, 0.25) is 0 Å². The van der Waals surface area contributed by atoms with Gasteiger partial charge in [-0.1, -0.05) is 30.3 Å². The van der Waals surface area contributed by atoms with Gasteiger partial charge >= 0.3 is 0 Å². The Morgan fingerprint density at radius 2 is 1.80 bits per heavy atom. The number of rotatable bonds is 5. The third-order valence-electron chi connectivity index (χ3n) is 4.73. The van der Waals surface area contributed by atoms with E-state index < -0.39 is 5.91 Å². The van der Waals surface area contributed by atoms with Gasteiger partial charge in [0.2, 0.25) is 0 Å². The molecule has 2 aromatic carbocycles. The van der Waals surface area contributed by atoms with Crippen LogP contribution in [0.25, 0.3) is 0 Å². The summed E-state index contributed by atoms with van der Waals surface area (Å²) in [5, 5.41) is 0. The number of hydrogen-bond acceptors (Lipinski definition) is 3. The minimum Gasteiger partial charge on any atom is -0.484 e. The van der Waals surface area contributed by atoms with E-state index in [4.69, 9.17) is 10.5 Å². The summed E-state index contributed by atoms with van der Waals surface area (Å²) in [4.78, 5) is 25.5. The van der Waals surface area contributed by atoms with Crippen molar-refractivity contribution in [2.45, 2.75) is 25.3 Å². The first kappa shape index (κ1) is 17.0. The van der Waals surface area contributed by atoms with Gasteiger partial charge in [0.05, 0.1) is 0 Å². The highest BCUT2D eigenvalue weighted by Crippen LogP contribution is 2.34. The molecule has 1 aliphatic heterocycles. The van der Waals surface area contributed by atoms with E-state index in [1.165, 1.54) is 5.56 Å². The van der Waals surface area contributed by atoms with Crippen molar-refractivity contribution in [3.63, 3.8) is 0 Å². The van der Waals surface area contributed by atoms with Gasteiger partial charge in [0.25, 0.3) is 11.8 Å². The monoisotopic (exact) mass is 338 g/mol. The summed E-state index contributed by atoms with van der Waals surface area (Å²) in [6, 6.07) is 17.3. The fraction of sp³-hybridized carbons (Fsp3) is 0.300. The maximum absolute atomic E-state index is 12.8. The molecule has 25 heavy (non-hydrogen) atoms. The molecule has 0 aromatic heterocycles. The maximum atomic E-state index is 12.8. The van der Waals surface area contributed by atoms with Gasteiger partial charge < -0.3 is 15.4 Å². The number of nitrogens with zero attached hydrogens (tertiary/aromatic N) is 1. The summed E-state index contributed by atoms with van der Waals surface area (Å²) in [5.41, 5.74) is 6.95. The molecule has 0 aliphatic carbocycles. The number of carbonyl (C=O) groups is 2. The molecule has 1 heterocycles. The normalized spacial score (nSPS) is 19.6. The molecule has 1 aliphatic rings. The highest BCUT2D eigenvalue weighted by Gasteiger charge is 2.34. The highest BCUT2D eigenvalue weighted by molar-refractivity contribution is 5.94. The highest BCUT2D eigenvalue weighted by atomic mass is 16.5. The van der Waals surface area contributed by atoms with E-state index >= 15 is 0 Å². The molecule has 2 amide bonds. The summed E-state index contributed by atoms with van der Waals surface area (Å²) in [7, 11) is 0. The molecule has 0 spiro atoms. The van der Waals surface area contributed by atoms with E-state index in [1.807, 2.05) is 23.1 Å². The molecule has 2 aromatic rings. The molecule has 1 fully saturated rings. The molecule has 1 saturated heterocycles. The van der Waals surface area contributed by atoms with Gasteiger partial charge in [0.15, 0.2) is 6.61 Å². The number of primary amides is 1. The zero-order valence-electron chi connectivity index (χ0n) is 14.2. The van der Waals surface area contributed by atoms with Gasteiger partial charge in [-0.2, -0.15) is 0 Å². The largest absolute Gasteiger partial charge is 0.484 e. The number of ether oxygens (including phenoxy) is 1. The third-order valence-corrected chi connectivity index (χ3v) is 4.73. The molecule has 2 atom stereocenters. The quantitative estimate of drug-likeness (QED) is 0.911. The predicted octanol–water partition coefficient (Wildman–Crippen LogP) is 2.57. The molecular formula is C20H22N2O3. The van der Waals surface area contributed by atoms with E-state index in [0.29, 0.717) is 17.2 Å². The maximum Gasteiger partial charge on any atom is 0.255 e. The van der Waals surface area contributed by atoms with Crippen LogP contribution in [0.4, 0.5) is 0 Å². The van der Waals surface area contributed by atoms with Gasteiger partial charge in [-0.25, -0.2) is 0 Å². The summed E-state index contributed by atoms with van der Waals surface area (Å²) < 4.78 is 5.22. The van der Waals surface area contributed by atoms with Crippen molar-refractivity contribution < 1.29 is 14.3 Å². The summed E-state index contributed by atoms with van der Waals surface area (Å²) in [6.07, 6.45) is 0.969. The molecule has 130 valence electrons. The fourth-order valence-corrected chi connectivity index (χ4v) is 3.39. The van der Waals surface area contributed by atoms with Crippen molar-refractivity contribution >= 4 is 11.8 Å². The number of benzene rings is 2. The molecule has 2 N–H and O–H groups in total. The first-order chi connectivity index (χ1) is 12.1. The van der Waals surface area contributed by atoms with E-state index in [-0.39, 0.29) is 18.6 Å². The standard InChI is InChI=1S/C20H22N2O3/c1-14-18(15-5-3-2-4-6-15)11-12-22(14)20(24)16-7-9-17(10-8-16)25-13-19(21)23/h2-10,14,18H,11-13H2,1H3,(H2,21,23). The molecule has 0 bridgehead atoms. The van der Waals surface area contributed by atoms with E-state index in [2.05, 4.69) is 19.1 Å². The molecule has 2 unspecified atom stereocenters. The zero-order chi connectivity index (χ0) is 17.8. The second kappa shape index (κ2) is 7.38. The lowest BCUT2D eigenvalue weighted by atomic mass is 9.93. The van der Waals surface area contributed by atoms with Crippen molar-refractivity contribution in [1.82, 2.24) is 4.90 Å². The van der Waals surface area contributed by atoms with Crippen LogP contribution in [0.5, 0.6) is 5.75 Å². The number of carbonyl (C=O) groups excluding carboxylic acids is 2. The van der Waals surface area contributed by atoms with Gasteiger partial charge in [0.1, 0.15) is 5.75 Å². The van der Waals surface area contributed by atoms with Crippen molar-refractivity contribution in [2.75, 3.05) is 13.2 Å². The van der Waals surface area contributed by atoms with Crippen molar-refractivity contribution in [2.24, 2.45) is 5.73 Å². The topological polar surface area (TPSA) is 72.6 Å². The van der Waals surface area contributed by atoms with Crippen molar-refractivity contribution in [3.05, 3.63) is 65.7 Å². The third kappa shape index (κ3) is 3.82. The number of likely N-dealkylation sites (tertiary alicyclic amines) is 1. The Bertz CT molecular complexity index is 743. The second-order valence-electron chi connectivity index (χ2n) is 6.32. The van der Waals surface area contributed by atoms with Crippen molar-refractivity contribution in [3.8, 4) is 5.75 Å². The molecule has 5 heteroatoms. The summed E-state index contributed by atoms with van der Waals surface area (Å²) in [6.45, 7) is 2.68. The number of hydrogen-bond donors (Lipinski definition) is 1. The van der Waals surface area contributed by atoms with Crippen LogP contribution in [-0.4, -0.2) is 35.9 Å². The molecule has 0 radical (unpaired) electrons. The first-order valence-electron chi connectivity index (χ1n) is 8.43. The minimum atomic E-state index is -0.530. The SMILES string of the molecule is CC1C(c2ccccc2)CCN1C(=O)c1ccc(OCC(N)=O)cc1. The van der Waals surface area contributed by atoms with Gasteiger partial charge in [0, 0.05) is 24.1 Å². The second-order valence-corrected chi connectivity index (χ2v) is 6.32. The predicted molar refractivity (Wildman–Crippen MR) is 95.4 cm³/mol. The van der Waals surface area contributed by atoms with Crippen LogP contribution in [0.15, 0.2) is 54.6 Å². The lowest BCUT2D eigenvalue weighted by Gasteiger charge is -2.25. The number of nitrogens with two attached hydrogens (primary N) is 1. The van der Waals surface area contributed by atoms with Gasteiger partial charge in [-0.05, 0) is 43.2 Å². The van der Waals surface area contributed by atoms with Crippen LogP contribution in [0.1, 0.15) is 35.2 Å². The Balaban J connectivity index is 1.68. The summed E-state index contributed by atoms with van der Waals surface area (Å²) >= 11 is 0. The zero-order valence-corrected chi connectivity index (χ0v) is 14.2. The van der Waals surface area contributed by atoms with Crippen LogP contribution in [0, 0.1) is 0 Å². The van der Waals surface area contributed by atoms with E-state index in [9.17, 15) is 9.59 Å². The van der Waals surface area contributed by atoms with Crippen LogP contribution < -0.4 is 10.5 Å². The molecule has 3 rings (SSSR count). The van der Waals surface area contributed by atoms with Gasteiger partial charge in [-0.15, -0.1) is 0 Å². The van der Waals surface area contributed by atoms with Crippen molar-refractivity contribution in [1.29, 1.82) is 0 Å². The van der Waals surface area contributed by atoms with Crippen LogP contribution >= 0.6 is 0 Å². The Kier molecular flexibility index (Phi) is 5.03. The smallest absolute Gasteiger partial charge is 0.255 e. The molecule has 5 nitrogen and oxygen atoms in total. The lowest BCUT2D eigenvalue weighted by Crippen LogP contribution is -2.35. The number of amides is 2. The first-order valence-corrected chi connectivity index (χ1v) is 8.43. The Morgan fingerprint density at radius 3 is 2.44 bits per heavy atom. The molecule has 0 saturated carbocycles. The summed E-state index contributed by atoms with van der Waals surface area (Å²) in [5.74, 6) is 0.376. The average molecular weight is 338 g/mol. The van der Waals surface area contributed by atoms with Crippen LogP contribution in [-0.2, 0) is 4.79 Å². The minimum absolute atomic E-state index is 0.0207. The molecular weight excluding hydrogens is 316 g/mol. The van der Waals surface area contributed by atoms with Gasteiger partial charge in [-0.3, -0.25) is 9.59 Å².